The van der Waals surface area contributed by atoms with Crippen LogP contribution in [0.4, 0.5) is 5.95 Å². The summed E-state index contributed by atoms with van der Waals surface area (Å²) >= 11 is 0. The van der Waals surface area contributed by atoms with Crippen molar-refractivity contribution in [3.8, 4) is 6.07 Å². The fourth-order valence-corrected chi connectivity index (χ4v) is 5.07. The van der Waals surface area contributed by atoms with Crippen molar-refractivity contribution < 1.29 is 9.59 Å². The van der Waals surface area contributed by atoms with E-state index < -0.39 is 0 Å². The highest BCUT2D eigenvalue weighted by atomic mass is 16.2. The molecule has 0 spiro atoms. The molecule has 2 aliphatic heterocycles. The number of carbonyl (C=O) groups excluding carboxylic acids is 2. The van der Waals surface area contributed by atoms with E-state index in [2.05, 4.69) is 28.3 Å². The van der Waals surface area contributed by atoms with Crippen molar-refractivity contribution in [3.63, 3.8) is 0 Å². The Bertz CT molecular complexity index is 1300. The second-order valence-corrected chi connectivity index (χ2v) is 9.43. The minimum Gasteiger partial charge on any atom is -0.339 e. The molecule has 2 aromatic heterocycles. The van der Waals surface area contributed by atoms with Gasteiger partial charge in [0.15, 0.2) is 5.65 Å². The highest BCUT2D eigenvalue weighted by Crippen LogP contribution is 2.30. The Hall–Kier alpha value is -3.77. The van der Waals surface area contributed by atoms with Crippen LogP contribution < -0.4 is 5.32 Å². The Balaban J connectivity index is 1.51. The highest BCUT2D eigenvalue weighted by Gasteiger charge is 2.27. The second-order valence-electron chi connectivity index (χ2n) is 9.43. The number of likely N-dealkylation sites (tertiary alicyclic amines) is 2. The van der Waals surface area contributed by atoms with Gasteiger partial charge in [-0.2, -0.15) is 5.26 Å². The molecule has 2 saturated heterocycles. The third-order valence-electron chi connectivity index (χ3n) is 6.86. The second kappa shape index (κ2) is 9.84. The number of imidazole rings is 1. The van der Waals surface area contributed by atoms with Crippen LogP contribution in [0.2, 0.25) is 0 Å². The lowest BCUT2D eigenvalue weighted by atomic mass is 10.1. The summed E-state index contributed by atoms with van der Waals surface area (Å²) in [6, 6.07) is 10.5. The number of anilines is 1. The highest BCUT2D eigenvalue weighted by molar-refractivity contribution is 6.04. The number of aromatic nitrogens is 3. The monoisotopic (exact) mass is 471 g/mol. The number of amides is 2. The van der Waals surface area contributed by atoms with Gasteiger partial charge < -0.3 is 9.80 Å². The molecule has 1 aromatic carbocycles. The van der Waals surface area contributed by atoms with Gasteiger partial charge in [-0.3, -0.25) is 19.5 Å². The van der Waals surface area contributed by atoms with E-state index in [1.807, 2.05) is 9.47 Å². The predicted octanol–water partition coefficient (Wildman–Crippen LogP) is 3.45. The van der Waals surface area contributed by atoms with E-state index in [1.165, 1.54) is 0 Å². The van der Waals surface area contributed by atoms with Crippen LogP contribution in [-0.2, 0) is 0 Å². The van der Waals surface area contributed by atoms with Crippen molar-refractivity contribution >= 4 is 28.9 Å². The van der Waals surface area contributed by atoms with Gasteiger partial charge in [0.2, 0.25) is 5.95 Å². The van der Waals surface area contributed by atoms with Gasteiger partial charge in [0.1, 0.15) is 5.52 Å². The fraction of sp³-hybridized carbons (Fsp3) is 0.423. The number of pyridine rings is 1. The molecule has 2 fully saturated rings. The molecule has 5 rings (SSSR count). The molecule has 9 nitrogen and oxygen atoms in total. The topological polar surface area (TPSA) is 107 Å². The number of hydrogen-bond acceptors (Lipinski definition) is 6. The zero-order valence-corrected chi connectivity index (χ0v) is 19.9. The van der Waals surface area contributed by atoms with Crippen LogP contribution in [0.25, 0.3) is 11.2 Å². The third-order valence-corrected chi connectivity index (χ3v) is 6.86. The van der Waals surface area contributed by atoms with Gasteiger partial charge in [0.25, 0.3) is 11.8 Å². The zero-order valence-electron chi connectivity index (χ0n) is 19.9. The summed E-state index contributed by atoms with van der Waals surface area (Å²) in [6.07, 6.45) is 6.80. The Morgan fingerprint density at radius 1 is 1.09 bits per heavy atom. The molecule has 2 amide bonds. The first-order chi connectivity index (χ1) is 17.0. The molecule has 3 aromatic rings. The van der Waals surface area contributed by atoms with Crippen LogP contribution in [0, 0.1) is 11.3 Å². The SMILES string of the molecule is CN1CCC[C@H](n2c(NC(=O)c3cccc(C#N)c3)nc3cc(C(=O)N4CCCCC4)cnc32)C1. The normalized spacial score (nSPS) is 18.9. The summed E-state index contributed by atoms with van der Waals surface area (Å²) in [6.45, 7) is 3.37. The molecule has 0 bridgehead atoms. The van der Waals surface area contributed by atoms with Crippen LogP contribution in [0.3, 0.4) is 0 Å². The lowest BCUT2D eigenvalue weighted by molar-refractivity contribution is 0.0724. The Morgan fingerprint density at radius 2 is 1.91 bits per heavy atom. The van der Waals surface area contributed by atoms with Crippen LogP contribution in [0.15, 0.2) is 36.5 Å². The van der Waals surface area contributed by atoms with Crippen LogP contribution >= 0.6 is 0 Å². The van der Waals surface area contributed by atoms with E-state index in [9.17, 15) is 14.9 Å². The number of nitrogens with zero attached hydrogens (tertiary/aromatic N) is 6. The summed E-state index contributed by atoms with van der Waals surface area (Å²) in [7, 11) is 2.08. The largest absolute Gasteiger partial charge is 0.339 e. The number of nitriles is 1. The Kier molecular flexibility index (Phi) is 6.47. The van der Waals surface area contributed by atoms with Crippen molar-refractivity contribution in [2.75, 3.05) is 38.5 Å². The maximum atomic E-state index is 13.1. The third kappa shape index (κ3) is 4.75. The number of carbonyl (C=O) groups is 2. The van der Waals surface area contributed by atoms with E-state index in [0.29, 0.717) is 33.8 Å². The number of hydrogen-bond donors (Lipinski definition) is 1. The number of nitrogens with one attached hydrogen (secondary N) is 1. The maximum Gasteiger partial charge on any atom is 0.258 e. The molecule has 9 heteroatoms. The maximum absolute atomic E-state index is 13.1. The quantitative estimate of drug-likeness (QED) is 0.625. The molecule has 0 unspecified atom stereocenters. The van der Waals surface area contributed by atoms with E-state index in [1.54, 1.807) is 36.5 Å². The first-order valence-corrected chi connectivity index (χ1v) is 12.2. The average molecular weight is 472 g/mol. The Morgan fingerprint density at radius 3 is 2.69 bits per heavy atom. The number of fused-ring (bicyclic) bond motifs is 1. The summed E-state index contributed by atoms with van der Waals surface area (Å²) in [4.78, 5) is 39.7. The van der Waals surface area contributed by atoms with Crippen molar-refractivity contribution in [3.05, 3.63) is 53.2 Å². The molecule has 1 atom stereocenters. The summed E-state index contributed by atoms with van der Waals surface area (Å²) < 4.78 is 1.99. The lowest BCUT2D eigenvalue weighted by Gasteiger charge is -2.31. The van der Waals surface area contributed by atoms with Gasteiger partial charge in [0, 0.05) is 31.4 Å². The van der Waals surface area contributed by atoms with Crippen LogP contribution in [0.1, 0.15) is 64.4 Å². The van der Waals surface area contributed by atoms with Crippen LogP contribution in [0.5, 0.6) is 0 Å². The number of likely N-dealkylation sites (N-methyl/N-ethyl adjacent to an activating group) is 1. The Labute approximate surface area is 204 Å². The van der Waals surface area contributed by atoms with Crippen molar-refractivity contribution in [2.24, 2.45) is 0 Å². The van der Waals surface area contributed by atoms with Gasteiger partial charge in [-0.25, -0.2) is 9.97 Å². The number of rotatable bonds is 4. The van der Waals surface area contributed by atoms with Crippen molar-refractivity contribution in [1.82, 2.24) is 24.3 Å². The van der Waals surface area contributed by atoms with E-state index in [0.717, 1.165) is 58.3 Å². The van der Waals surface area contributed by atoms with Gasteiger partial charge in [-0.1, -0.05) is 6.07 Å². The van der Waals surface area contributed by atoms with Gasteiger partial charge in [-0.05, 0) is 70.0 Å². The molecule has 2 aliphatic rings. The zero-order chi connectivity index (χ0) is 24.4. The molecule has 180 valence electrons. The summed E-state index contributed by atoms with van der Waals surface area (Å²) in [5.41, 5.74) is 2.56. The van der Waals surface area contributed by atoms with E-state index in [4.69, 9.17) is 4.98 Å². The van der Waals surface area contributed by atoms with Crippen molar-refractivity contribution in [1.29, 1.82) is 5.26 Å². The minimum atomic E-state index is -0.340. The number of piperidine rings is 2. The van der Waals surface area contributed by atoms with Gasteiger partial charge in [-0.15, -0.1) is 0 Å². The van der Waals surface area contributed by atoms with Crippen LogP contribution in [-0.4, -0.2) is 69.4 Å². The van der Waals surface area contributed by atoms with Gasteiger partial charge in [0.05, 0.1) is 23.2 Å². The number of benzene rings is 1. The van der Waals surface area contributed by atoms with E-state index >= 15 is 0 Å². The molecular weight excluding hydrogens is 442 g/mol. The minimum absolute atomic E-state index is 0.0232. The molecule has 1 N–H and O–H groups in total. The average Bonchev–Trinajstić information content (AvgIpc) is 3.25. The molecular formula is C26H29N7O2. The first kappa shape index (κ1) is 23.0. The summed E-state index contributed by atoms with van der Waals surface area (Å²) in [5.74, 6) is 0.0418. The molecule has 0 saturated carbocycles. The molecule has 4 heterocycles. The lowest BCUT2D eigenvalue weighted by Crippen LogP contribution is -2.35. The fourth-order valence-electron chi connectivity index (χ4n) is 5.07. The molecule has 0 aliphatic carbocycles. The predicted molar refractivity (Wildman–Crippen MR) is 132 cm³/mol. The summed E-state index contributed by atoms with van der Waals surface area (Å²) in [5, 5.41) is 12.1. The smallest absolute Gasteiger partial charge is 0.258 e. The van der Waals surface area contributed by atoms with Gasteiger partial charge >= 0.3 is 0 Å². The molecule has 35 heavy (non-hydrogen) atoms. The van der Waals surface area contributed by atoms with Crippen molar-refractivity contribution in [2.45, 2.75) is 38.1 Å². The molecule has 0 radical (unpaired) electrons. The standard InChI is InChI=1S/C26H29N7O2/c1-31-10-6-9-21(17-31)33-23-22(14-20(16-28-23)25(35)32-11-3-2-4-12-32)29-26(33)30-24(34)19-8-5-7-18(13-19)15-27/h5,7-8,13-14,16,21H,2-4,6,9-12,17H2,1H3,(H,29,30,34)/t21-/m0/s1. The first-order valence-electron chi connectivity index (χ1n) is 12.2. The van der Waals surface area contributed by atoms with E-state index in [-0.39, 0.29) is 17.9 Å².